The number of aliphatic hydroxyl groups is 1. The molecule has 1 spiro atoms. The fourth-order valence-electron chi connectivity index (χ4n) is 4.74. The van der Waals surface area contributed by atoms with E-state index in [0.29, 0.717) is 6.54 Å². The van der Waals surface area contributed by atoms with Gasteiger partial charge in [-0.25, -0.2) is 14.5 Å². The van der Waals surface area contributed by atoms with Crippen molar-refractivity contribution >= 4 is 11.5 Å². The minimum absolute atomic E-state index is 0.155. The van der Waals surface area contributed by atoms with E-state index in [1.807, 2.05) is 6.20 Å². The molecule has 146 valence electrons. The van der Waals surface area contributed by atoms with Crippen molar-refractivity contribution in [2.45, 2.75) is 31.9 Å². The summed E-state index contributed by atoms with van der Waals surface area (Å²) in [7, 11) is 0. The van der Waals surface area contributed by atoms with E-state index in [2.05, 4.69) is 42.0 Å². The first kappa shape index (κ1) is 17.5. The number of fused-ring (bicyclic) bond motifs is 1. The highest BCUT2D eigenvalue weighted by atomic mass is 16.3. The summed E-state index contributed by atoms with van der Waals surface area (Å²) < 4.78 is 1.79. The molecule has 2 aliphatic heterocycles. The molecule has 8 heteroatoms. The summed E-state index contributed by atoms with van der Waals surface area (Å²) in [5, 5.41) is 14.7. The quantitative estimate of drug-likeness (QED) is 0.736. The number of piperidine rings is 2. The molecule has 0 saturated carbocycles. The van der Waals surface area contributed by atoms with Gasteiger partial charge in [0.1, 0.15) is 12.1 Å². The minimum atomic E-state index is -0.308. The molecule has 3 aromatic heterocycles. The number of anilines is 1. The van der Waals surface area contributed by atoms with Crippen molar-refractivity contribution in [1.29, 1.82) is 0 Å². The number of aromatic nitrogens is 5. The second-order valence-corrected chi connectivity index (χ2v) is 8.18. The van der Waals surface area contributed by atoms with Crippen LogP contribution in [0.5, 0.6) is 0 Å². The van der Waals surface area contributed by atoms with Crippen molar-refractivity contribution in [3.05, 3.63) is 48.8 Å². The lowest BCUT2D eigenvalue weighted by molar-refractivity contribution is 0.0244. The van der Waals surface area contributed by atoms with E-state index in [0.717, 1.165) is 56.9 Å². The molecule has 8 nitrogen and oxygen atoms in total. The highest BCUT2D eigenvalue weighted by molar-refractivity contribution is 5.39. The summed E-state index contributed by atoms with van der Waals surface area (Å²) in [5.41, 5.74) is 2.31. The minimum Gasteiger partial charge on any atom is -0.391 e. The summed E-state index contributed by atoms with van der Waals surface area (Å²) in [6, 6.07) is 4.23. The molecule has 5 rings (SSSR count). The van der Waals surface area contributed by atoms with Crippen LogP contribution in [0.3, 0.4) is 0 Å². The molecule has 0 aromatic carbocycles. The van der Waals surface area contributed by atoms with Crippen LogP contribution in [0.2, 0.25) is 0 Å². The van der Waals surface area contributed by atoms with Crippen LogP contribution in [-0.4, -0.2) is 66.9 Å². The molecular formula is C20H25N7O. The molecule has 1 atom stereocenters. The molecular weight excluding hydrogens is 354 g/mol. The summed E-state index contributed by atoms with van der Waals surface area (Å²) in [4.78, 5) is 17.6. The number of likely N-dealkylation sites (tertiary alicyclic amines) is 1. The zero-order chi connectivity index (χ0) is 19.0. The number of rotatable bonds is 3. The van der Waals surface area contributed by atoms with Gasteiger partial charge >= 0.3 is 0 Å². The van der Waals surface area contributed by atoms with Crippen LogP contribution in [-0.2, 0) is 6.54 Å². The zero-order valence-corrected chi connectivity index (χ0v) is 15.9. The second kappa shape index (κ2) is 7.10. The van der Waals surface area contributed by atoms with Crippen LogP contribution in [0, 0.1) is 5.41 Å². The number of hydrogen-bond acceptors (Lipinski definition) is 7. The van der Waals surface area contributed by atoms with Gasteiger partial charge < -0.3 is 10.0 Å². The maximum absolute atomic E-state index is 10.5. The molecule has 2 fully saturated rings. The molecule has 0 bridgehead atoms. The molecule has 1 N–H and O–H groups in total. The Balaban J connectivity index is 1.25. The topological polar surface area (TPSA) is 82.7 Å². The monoisotopic (exact) mass is 379 g/mol. The highest BCUT2D eigenvalue weighted by Gasteiger charge is 2.41. The van der Waals surface area contributed by atoms with Crippen molar-refractivity contribution < 1.29 is 5.11 Å². The first-order valence-corrected chi connectivity index (χ1v) is 9.89. The molecule has 0 aliphatic carbocycles. The van der Waals surface area contributed by atoms with Crippen LogP contribution < -0.4 is 4.90 Å². The van der Waals surface area contributed by atoms with Gasteiger partial charge in [-0.15, -0.1) is 0 Å². The lowest BCUT2D eigenvalue weighted by Gasteiger charge is -2.49. The maximum atomic E-state index is 10.5. The van der Waals surface area contributed by atoms with E-state index in [-0.39, 0.29) is 11.5 Å². The van der Waals surface area contributed by atoms with E-state index < -0.39 is 0 Å². The number of nitrogens with zero attached hydrogens (tertiary/aromatic N) is 7. The fraction of sp³-hybridized carbons (Fsp3) is 0.500. The third kappa shape index (κ3) is 3.45. The van der Waals surface area contributed by atoms with Gasteiger partial charge in [-0.3, -0.25) is 9.88 Å². The molecule has 2 aliphatic rings. The molecule has 2 saturated heterocycles. The van der Waals surface area contributed by atoms with Crippen LogP contribution >= 0.6 is 0 Å². The van der Waals surface area contributed by atoms with Gasteiger partial charge in [-0.05, 0) is 55.5 Å². The fourth-order valence-corrected chi connectivity index (χ4v) is 4.74. The molecule has 5 heterocycles. The average Bonchev–Trinajstić information content (AvgIpc) is 3.18. The predicted octanol–water partition coefficient (Wildman–Crippen LogP) is 1.37. The number of β-amino-alcohol motifs (C(OH)–C–C–N with tert-alkyl or cyclic N) is 1. The van der Waals surface area contributed by atoms with E-state index in [1.165, 1.54) is 5.56 Å². The van der Waals surface area contributed by atoms with Gasteiger partial charge in [0.2, 0.25) is 0 Å². The standard InChI is InChI=1S/C20H25N7O/c28-17-10-20(14-26(13-17)19-11-21-4-5-22-19)2-7-25(8-3-20)12-16-1-6-27-18(9-16)23-15-24-27/h1,4-6,9,11,15,17,28H,2-3,7-8,10,12-14H2. The van der Waals surface area contributed by atoms with Crippen LogP contribution in [0.1, 0.15) is 24.8 Å². The van der Waals surface area contributed by atoms with Crippen molar-refractivity contribution in [2.24, 2.45) is 5.41 Å². The summed E-state index contributed by atoms with van der Waals surface area (Å²) in [5.74, 6) is 0.865. The number of pyridine rings is 1. The normalized spacial score (nSPS) is 22.8. The average molecular weight is 379 g/mol. The first-order chi connectivity index (χ1) is 13.7. The van der Waals surface area contributed by atoms with Gasteiger partial charge in [-0.2, -0.15) is 5.10 Å². The lowest BCUT2D eigenvalue weighted by Crippen LogP contribution is -2.54. The molecule has 0 radical (unpaired) electrons. The number of aliphatic hydroxyl groups excluding tert-OH is 1. The van der Waals surface area contributed by atoms with E-state index in [9.17, 15) is 5.11 Å². The Labute approximate surface area is 163 Å². The summed E-state index contributed by atoms with van der Waals surface area (Å²) in [6.07, 6.45) is 11.5. The molecule has 3 aromatic rings. The number of hydrogen-bond donors (Lipinski definition) is 1. The smallest absolute Gasteiger partial charge is 0.155 e. The lowest BCUT2D eigenvalue weighted by atomic mass is 9.71. The highest BCUT2D eigenvalue weighted by Crippen LogP contribution is 2.41. The third-order valence-corrected chi connectivity index (χ3v) is 6.17. The van der Waals surface area contributed by atoms with E-state index in [4.69, 9.17) is 0 Å². The zero-order valence-electron chi connectivity index (χ0n) is 15.9. The summed E-state index contributed by atoms with van der Waals surface area (Å²) >= 11 is 0. The van der Waals surface area contributed by atoms with Crippen LogP contribution in [0.25, 0.3) is 5.65 Å². The molecule has 1 unspecified atom stereocenters. The van der Waals surface area contributed by atoms with Gasteiger partial charge in [0.05, 0.1) is 12.3 Å². The Bertz CT molecular complexity index is 936. The Morgan fingerprint density at radius 1 is 1.18 bits per heavy atom. The Hall–Kier alpha value is -2.58. The maximum Gasteiger partial charge on any atom is 0.155 e. The third-order valence-electron chi connectivity index (χ3n) is 6.17. The SMILES string of the molecule is OC1CN(c2cnccn2)CC2(CCN(Cc3ccn4ncnc4c3)CC2)C1. The van der Waals surface area contributed by atoms with Crippen LogP contribution in [0.4, 0.5) is 5.82 Å². The van der Waals surface area contributed by atoms with Crippen molar-refractivity contribution in [1.82, 2.24) is 29.5 Å². The largest absolute Gasteiger partial charge is 0.391 e. The van der Waals surface area contributed by atoms with Gasteiger partial charge in [0.15, 0.2) is 5.65 Å². The van der Waals surface area contributed by atoms with Crippen molar-refractivity contribution in [3.63, 3.8) is 0 Å². The van der Waals surface area contributed by atoms with Gasteiger partial charge in [0, 0.05) is 38.2 Å². The Morgan fingerprint density at radius 3 is 2.89 bits per heavy atom. The van der Waals surface area contributed by atoms with Crippen molar-refractivity contribution in [2.75, 3.05) is 31.1 Å². The van der Waals surface area contributed by atoms with Crippen LogP contribution in [0.15, 0.2) is 43.2 Å². The Kier molecular flexibility index (Phi) is 4.44. The molecule has 0 amide bonds. The molecule has 28 heavy (non-hydrogen) atoms. The predicted molar refractivity (Wildman–Crippen MR) is 105 cm³/mol. The first-order valence-electron chi connectivity index (χ1n) is 9.89. The van der Waals surface area contributed by atoms with E-state index >= 15 is 0 Å². The Morgan fingerprint density at radius 2 is 2.07 bits per heavy atom. The second-order valence-electron chi connectivity index (χ2n) is 8.18. The van der Waals surface area contributed by atoms with E-state index in [1.54, 1.807) is 29.4 Å². The summed E-state index contributed by atoms with van der Waals surface area (Å²) in [6.45, 7) is 4.60. The van der Waals surface area contributed by atoms with Gasteiger partial charge in [-0.1, -0.05) is 0 Å². The van der Waals surface area contributed by atoms with Crippen molar-refractivity contribution in [3.8, 4) is 0 Å². The van der Waals surface area contributed by atoms with Gasteiger partial charge in [0.25, 0.3) is 0 Å².